The molecule has 1 atom stereocenters. The van der Waals surface area contributed by atoms with Gasteiger partial charge in [-0.05, 0) is 41.8 Å². The first-order chi connectivity index (χ1) is 7.85. The van der Waals surface area contributed by atoms with Crippen LogP contribution in [0.2, 0.25) is 0 Å². The quantitative estimate of drug-likeness (QED) is 0.860. The van der Waals surface area contributed by atoms with Crippen LogP contribution in [-0.2, 0) is 12.2 Å². The fraction of sp³-hybridized carbons (Fsp3) is 0.571. The minimum atomic E-state index is 0.571. The summed E-state index contributed by atoms with van der Waals surface area (Å²) in [5, 5.41) is 3.62. The molecule has 1 aromatic rings. The first kappa shape index (κ1) is 12.0. The van der Waals surface area contributed by atoms with Gasteiger partial charge in [-0.3, -0.25) is 0 Å². The van der Waals surface area contributed by atoms with E-state index >= 15 is 0 Å². The first-order valence-electron chi connectivity index (χ1n) is 6.28. The van der Waals surface area contributed by atoms with Gasteiger partial charge in [0.15, 0.2) is 0 Å². The van der Waals surface area contributed by atoms with Crippen molar-refractivity contribution in [3.63, 3.8) is 0 Å². The van der Waals surface area contributed by atoms with E-state index in [1.807, 2.05) is 0 Å². The summed E-state index contributed by atoms with van der Waals surface area (Å²) in [7, 11) is 0. The zero-order valence-corrected chi connectivity index (χ0v) is 11.1. The summed E-state index contributed by atoms with van der Waals surface area (Å²) >= 11 is 2.06. The molecule has 0 radical (unpaired) electrons. The Morgan fingerprint density at radius 1 is 1.38 bits per heavy atom. The highest BCUT2D eigenvalue weighted by Crippen LogP contribution is 2.31. The predicted molar refractivity (Wildman–Crippen MR) is 73.0 cm³/mol. The van der Waals surface area contributed by atoms with Gasteiger partial charge in [0, 0.05) is 11.8 Å². The third-order valence-electron chi connectivity index (χ3n) is 3.25. The molecule has 0 aliphatic carbocycles. The second-order valence-electron chi connectivity index (χ2n) is 4.34. The maximum absolute atomic E-state index is 3.62. The molecule has 0 fully saturated rings. The molecule has 0 saturated heterocycles. The average Bonchev–Trinajstić information content (AvgIpc) is 2.52. The van der Waals surface area contributed by atoms with Gasteiger partial charge in [-0.2, -0.15) is 11.8 Å². The number of nitrogens with one attached hydrogen (secondary N) is 1. The van der Waals surface area contributed by atoms with Gasteiger partial charge in [0.05, 0.1) is 0 Å². The Morgan fingerprint density at radius 3 is 3.00 bits per heavy atom. The van der Waals surface area contributed by atoms with E-state index in [1.165, 1.54) is 29.1 Å². The van der Waals surface area contributed by atoms with Gasteiger partial charge in [0.25, 0.3) is 0 Å². The van der Waals surface area contributed by atoms with Crippen molar-refractivity contribution in [1.29, 1.82) is 0 Å². The number of benzene rings is 1. The zero-order valence-electron chi connectivity index (χ0n) is 10.3. The largest absolute Gasteiger partial charge is 0.310 e. The van der Waals surface area contributed by atoms with Crippen LogP contribution in [0.25, 0.3) is 0 Å². The van der Waals surface area contributed by atoms with Crippen LogP contribution in [0.1, 0.15) is 43.0 Å². The second-order valence-corrected chi connectivity index (χ2v) is 5.44. The molecule has 1 unspecified atom stereocenters. The Kier molecular flexibility index (Phi) is 4.30. The molecule has 1 aromatic carbocycles. The first-order valence-corrected chi connectivity index (χ1v) is 7.43. The summed E-state index contributed by atoms with van der Waals surface area (Å²) < 4.78 is 0. The maximum Gasteiger partial charge on any atom is 0.0331 e. The number of rotatable bonds is 3. The average molecular weight is 235 g/mol. The lowest BCUT2D eigenvalue weighted by molar-refractivity contribution is 0.540. The highest BCUT2D eigenvalue weighted by Gasteiger charge is 2.17. The lowest BCUT2D eigenvalue weighted by Gasteiger charge is -2.19. The summed E-state index contributed by atoms with van der Waals surface area (Å²) in [5.74, 6) is 2.45. The standard InChI is InChI=1S/C14H21NS/c1-3-11-5-6-12-10-16-8-7-14(15-4-2)13(12)9-11/h5-6,9,14-15H,3-4,7-8,10H2,1-2H3. The Hall–Kier alpha value is -0.470. The minimum absolute atomic E-state index is 0.571. The highest BCUT2D eigenvalue weighted by molar-refractivity contribution is 7.98. The SMILES string of the molecule is CCNC1CCSCc2ccc(CC)cc21. The zero-order chi connectivity index (χ0) is 11.4. The van der Waals surface area contributed by atoms with E-state index in [-0.39, 0.29) is 0 Å². The second kappa shape index (κ2) is 5.74. The van der Waals surface area contributed by atoms with Crippen molar-refractivity contribution in [1.82, 2.24) is 5.32 Å². The summed E-state index contributed by atoms with van der Waals surface area (Å²) in [6, 6.07) is 7.60. The van der Waals surface area contributed by atoms with Crippen LogP contribution in [0.4, 0.5) is 0 Å². The van der Waals surface area contributed by atoms with Crippen molar-refractivity contribution in [2.24, 2.45) is 0 Å². The molecule has 1 nitrogen and oxygen atoms in total. The van der Waals surface area contributed by atoms with E-state index in [0.717, 1.165) is 13.0 Å². The molecule has 16 heavy (non-hydrogen) atoms. The predicted octanol–water partition coefficient (Wildman–Crippen LogP) is 3.54. The van der Waals surface area contributed by atoms with Gasteiger partial charge in [-0.15, -0.1) is 0 Å². The van der Waals surface area contributed by atoms with Gasteiger partial charge in [0.1, 0.15) is 0 Å². The molecule has 2 heteroatoms. The Bertz CT molecular complexity index is 349. The van der Waals surface area contributed by atoms with Gasteiger partial charge < -0.3 is 5.32 Å². The summed E-state index contributed by atoms with van der Waals surface area (Å²) in [5.41, 5.74) is 4.55. The van der Waals surface area contributed by atoms with Crippen molar-refractivity contribution in [3.8, 4) is 0 Å². The number of fused-ring (bicyclic) bond motifs is 1. The molecule has 2 rings (SSSR count). The van der Waals surface area contributed by atoms with Crippen LogP contribution in [-0.4, -0.2) is 12.3 Å². The molecule has 88 valence electrons. The highest BCUT2D eigenvalue weighted by atomic mass is 32.2. The number of hydrogen-bond donors (Lipinski definition) is 1. The third-order valence-corrected chi connectivity index (χ3v) is 4.29. The van der Waals surface area contributed by atoms with Crippen molar-refractivity contribution in [2.75, 3.05) is 12.3 Å². The van der Waals surface area contributed by atoms with Crippen LogP contribution in [0, 0.1) is 0 Å². The summed E-state index contributed by atoms with van der Waals surface area (Å²) in [6.45, 7) is 5.49. The normalized spacial score (nSPS) is 20.2. The van der Waals surface area contributed by atoms with Crippen molar-refractivity contribution < 1.29 is 0 Å². The van der Waals surface area contributed by atoms with Crippen LogP contribution in [0.3, 0.4) is 0 Å². The van der Waals surface area contributed by atoms with Crippen molar-refractivity contribution in [2.45, 2.75) is 38.5 Å². The lowest BCUT2D eigenvalue weighted by atomic mass is 9.96. The molecule has 0 amide bonds. The van der Waals surface area contributed by atoms with Crippen molar-refractivity contribution in [3.05, 3.63) is 34.9 Å². The molecule has 1 aliphatic rings. The smallest absolute Gasteiger partial charge is 0.0331 e. The van der Waals surface area contributed by atoms with Gasteiger partial charge in [-0.1, -0.05) is 32.0 Å². The number of aryl methyl sites for hydroxylation is 1. The van der Waals surface area contributed by atoms with Crippen LogP contribution >= 0.6 is 11.8 Å². The van der Waals surface area contributed by atoms with Gasteiger partial charge in [-0.25, -0.2) is 0 Å². The van der Waals surface area contributed by atoms with Gasteiger partial charge >= 0.3 is 0 Å². The fourth-order valence-electron chi connectivity index (χ4n) is 2.32. The molecule has 0 saturated carbocycles. The van der Waals surface area contributed by atoms with Crippen molar-refractivity contribution >= 4 is 11.8 Å². The Morgan fingerprint density at radius 2 is 2.25 bits per heavy atom. The topological polar surface area (TPSA) is 12.0 Å². The molecular formula is C14H21NS. The fourth-order valence-corrected chi connectivity index (χ4v) is 3.35. The Labute approximate surface area is 103 Å². The number of hydrogen-bond acceptors (Lipinski definition) is 2. The Balaban J connectivity index is 2.33. The van der Waals surface area contributed by atoms with E-state index in [4.69, 9.17) is 0 Å². The molecule has 1 aliphatic heterocycles. The van der Waals surface area contributed by atoms with E-state index in [1.54, 1.807) is 5.56 Å². The molecule has 0 aromatic heterocycles. The van der Waals surface area contributed by atoms with E-state index in [9.17, 15) is 0 Å². The molecule has 1 N–H and O–H groups in total. The molecular weight excluding hydrogens is 214 g/mol. The molecule has 1 heterocycles. The lowest BCUT2D eigenvalue weighted by Crippen LogP contribution is -2.21. The maximum atomic E-state index is 3.62. The monoisotopic (exact) mass is 235 g/mol. The summed E-state index contributed by atoms with van der Waals surface area (Å²) in [4.78, 5) is 0. The van der Waals surface area contributed by atoms with Crippen LogP contribution in [0.5, 0.6) is 0 Å². The van der Waals surface area contributed by atoms with E-state index in [0.29, 0.717) is 6.04 Å². The van der Waals surface area contributed by atoms with E-state index in [2.05, 4.69) is 49.1 Å². The summed E-state index contributed by atoms with van der Waals surface area (Å²) in [6.07, 6.45) is 2.40. The minimum Gasteiger partial charge on any atom is -0.310 e. The van der Waals surface area contributed by atoms with E-state index < -0.39 is 0 Å². The third kappa shape index (κ3) is 2.61. The molecule has 0 bridgehead atoms. The van der Waals surface area contributed by atoms with Gasteiger partial charge in [0.2, 0.25) is 0 Å². The van der Waals surface area contributed by atoms with Crippen LogP contribution < -0.4 is 5.32 Å². The van der Waals surface area contributed by atoms with Crippen LogP contribution in [0.15, 0.2) is 18.2 Å². The molecule has 0 spiro atoms. The number of thioether (sulfide) groups is 1.